The first kappa shape index (κ1) is 15.3. The highest BCUT2D eigenvalue weighted by molar-refractivity contribution is 5.77. The average molecular weight is 304 g/mol. The summed E-state index contributed by atoms with van der Waals surface area (Å²) in [6.45, 7) is 4.90. The first-order chi connectivity index (χ1) is 10.7. The van der Waals surface area contributed by atoms with Crippen LogP contribution in [-0.4, -0.2) is 47.7 Å². The van der Waals surface area contributed by atoms with E-state index in [0.717, 1.165) is 25.9 Å². The Morgan fingerprint density at radius 2 is 2.36 bits per heavy atom. The van der Waals surface area contributed by atoms with E-state index in [1.165, 1.54) is 0 Å². The fraction of sp³-hybridized carbons (Fsp3) is 0.647. The molecule has 1 atom stereocenters. The Labute approximate surface area is 131 Å². The molecule has 120 valence electrons. The summed E-state index contributed by atoms with van der Waals surface area (Å²) in [7, 11) is 0. The molecule has 1 spiro atoms. The van der Waals surface area contributed by atoms with E-state index in [0.29, 0.717) is 37.9 Å². The number of carbonyl (C=O) groups excluding carboxylic acids is 1. The molecule has 0 aliphatic carbocycles. The van der Waals surface area contributed by atoms with Gasteiger partial charge < -0.3 is 14.4 Å². The molecule has 0 unspecified atom stereocenters. The van der Waals surface area contributed by atoms with Gasteiger partial charge in [0.05, 0.1) is 19.7 Å². The quantitative estimate of drug-likeness (QED) is 0.809. The zero-order valence-electron chi connectivity index (χ0n) is 13.2. The predicted octanol–water partition coefficient (Wildman–Crippen LogP) is 2.27. The summed E-state index contributed by atoms with van der Waals surface area (Å²) in [6.07, 6.45) is 5.40. The first-order valence-corrected chi connectivity index (χ1v) is 8.19. The van der Waals surface area contributed by atoms with Crippen LogP contribution in [-0.2, 0) is 9.53 Å². The molecule has 5 nitrogen and oxygen atoms in total. The number of amides is 1. The maximum absolute atomic E-state index is 12.0. The first-order valence-electron chi connectivity index (χ1n) is 8.19. The predicted molar refractivity (Wildman–Crippen MR) is 82.6 cm³/mol. The molecule has 0 bridgehead atoms. The third kappa shape index (κ3) is 3.09. The topological polar surface area (TPSA) is 51.7 Å². The summed E-state index contributed by atoms with van der Waals surface area (Å²) in [6, 6.07) is 5.66. The molecule has 22 heavy (non-hydrogen) atoms. The highest BCUT2D eigenvalue weighted by atomic mass is 16.5. The van der Waals surface area contributed by atoms with Crippen molar-refractivity contribution in [3.63, 3.8) is 0 Å². The molecule has 2 saturated heterocycles. The molecule has 5 heteroatoms. The molecule has 3 heterocycles. The molecule has 2 fully saturated rings. The minimum atomic E-state index is -0.184. The van der Waals surface area contributed by atoms with Crippen molar-refractivity contribution >= 4 is 5.91 Å². The van der Waals surface area contributed by atoms with Crippen molar-refractivity contribution in [3.8, 4) is 5.88 Å². The van der Waals surface area contributed by atoms with E-state index in [9.17, 15) is 4.79 Å². The SMILES string of the molecule is CCCCC(=O)N1CC2(C1)OCC[C@@H]2COc1ccccn1. The summed E-state index contributed by atoms with van der Waals surface area (Å²) in [5.74, 6) is 1.25. The van der Waals surface area contributed by atoms with Crippen LogP contribution in [0.3, 0.4) is 0 Å². The smallest absolute Gasteiger partial charge is 0.222 e. The van der Waals surface area contributed by atoms with Gasteiger partial charge in [-0.15, -0.1) is 0 Å². The number of nitrogens with zero attached hydrogens (tertiary/aromatic N) is 2. The maximum atomic E-state index is 12.0. The molecule has 3 rings (SSSR count). The minimum absolute atomic E-state index is 0.184. The lowest BCUT2D eigenvalue weighted by atomic mass is 9.81. The molecule has 1 amide bonds. The van der Waals surface area contributed by atoms with Crippen LogP contribution in [0.15, 0.2) is 24.4 Å². The minimum Gasteiger partial charge on any atom is -0.477 e. The molecule has 0 aromatic carbocycles. The van der Waals surface area contributed by atoms with Gasteiger partial charge in [0.2, 0.25) is 11.8 Å². The Hall–Kier alpha value is -1.62. The number of aromatic nitrogens is 1. The van der Waals surface area contributed by atoms with Gasteiger partial charge in [0.1, 0.15) is 5.60 Å². The third-order valence-electron chi connectivity index (χ3n) is 4.68. The van der Waals surface area contributed by atoms with Crippen LogP contribution in [0.25, 0.3) is 0 Å². The maximum Gasteiger partial charge on any atom is 0.222 e. The van der Waals surface area contributed by atoms with Crippen LogP contribution in [0.5, 0.6) is 5.88 Å². The largest absolute Gasteiger partial charge is 0.477 e. The van der Waals surface area contributed by atoms with Crippen LogP contribution < -0.4 is 4.74 Å². The van der Waals surface area contributed by atoms with E-state index < -0.39 is 0 Å². The van der Waals surface area contributed by atoms with Crippen molar-refractivity contribution in [1.29, 1.82) is 0 Å². The normalized spacial score (nSPS) is 22.6. The van der Waals surface area contributed by atoms with Gasteiger partial charge in [-0.3, -0.25) is 4.79 Å². The van der Waals surface area contributed by atoms with E-state index in [-0.39, 0.29) is 11.5 Å². The van der Waals surface area contributed by atoms with Crippen molar-refractivity contribution in [2.75, 3.05) is 26.3 Å². The summed E-state index contributed by atoms with van der Waals surface area (Å²) in [4.78, 5) is 18.1. The van der Waals surface area contributed by atoms with Gasteiger partial charge in [-0.25, -0.2) is 4.98 Å². The van der Waals surface area contributed by atoms with Crippen LogP contribution in [0.2, 0.25) is 0 Å². The Morgan fingerprint density at radius 3 is 3.09 bits per heavy atom. The lowest BCUT2D eigenvalue weighted by molar-refractivity contribution is -0.167. The molecular formula is C17H24N2O3. The van der Waals surface area contributed by atoms with Gasteiger partial charge in [0.25, 0.3) is 0 Å². The fourth-order valence-electron chi connectivity index (χ4n) is 3.25. The van der Waals surface area contributed by atoms with Crippen molar-refractivity contribution in [2.24, 2.45) is 5.92 Å². The number of likely N-dealkylation sites (tertiary alicyclic amines) is 1. The number of unbranched alkanes of at least 4 members (excludes halogenated alkanes) is 1. The third-order valence-corrected chi connectivity index (χ3v) is 4.68. The number of hydrogen-bond donors (Lipinski definition) is 0. The summed E-state index contributed by atoms with van der Waals surface area (Å²) >= 11 is 0. The number of ether oxygens (including phenoxy) is 2. The molecule has 1 aromatic heterocycles. The lowest BCUT2D eigenvalue weighted by Crippen LogP contribution is -2.66. The molecule has 0 saturated carbocycles. The van der Waals surface area contributed by atoms with E-state index in [4.69, 9.17) is 9.47 Å². The van der Waals surface area contributed by atoms with Crippen molar-refractivity contribution < 1.29 is 14.3 Å². The molecule has 2 aliphatic rings. The van der Waals surface area contributed by atoms with E-state index in [2.05, 4.69) is 11.9 Å². The Balaban J connectivity index is 1.51. The standard InChI is InChI=1S/C17H24N2O3/c1-2-3-7-16(20)19-12-17(13-19)14(8-10-22-17)11-21-15-6-4-5-9-18-15/h4-6,9,14H,2-3,7-8,10-13H2,1H3/t14-/m1/s1. The molecule has 2 aliphatic heterocycles. The second-order valence-electron chi connectivity index (χ2n) is 6.23. The van der Waals surface area contributed by atoms with E-state index in [1.807, 2.05) is 23.1 Å². The molecule has 1 aromatic rings. The Kier molecular flexibility index (Phi) is 4.62. The van der Waals surface area contributed by atoms with Crippen LogP contribution >= 0.6 is 0 Å². The van der Waals surface area contributed by atoms with Gasteiger partial charge in [0.15, 0.2) is 0 Å². The second kappa shape index (κ2) is 6.65. The number of rotatable bonds is 6. The van der Waals surface area contributed by atoms with Crippen molar-refractivity contribution in [3.05, 3.63) is 24.4 Å². The Bertz CT molecular complexity index is 500. The summed E-state index contributed by atoms with van der Waals surface area (Å²) < 4.78 is 11.8. The highest BCUT2D eigenvalue weighted by Crippen LogP contribution is 2.40. The van der Waals surface area contributed by atoms with Crippen LogP contribution in [0.4, 0.5) is 0 Å². The van der Waals surface area contributed by atoms with Gasteiger partial charge in [-0.2, -0.15) is 0 Å². The zero-order valence-corrected chi connectivity index (χ0v) is 13.2. The molecule has 0 N–H and O–H groups in total. The monoisotopic (exact) mass is 304 g/mol. The molecule has 0 radical (unpaired) electrons. The van der Waals surface area contributed by atoms with Crippen LogP contribution in [0, 0.1) is 5.92 Å². The van der Waals surface area contributed by atoms with E-state index in [1.54, 1.807) is 6.20 Å². The Morgan fingerprint density at radius 1 is 1.50 bits per heavy atom. The van der Waals surface area contributed by atoms with Gasteiger partial charge in [0, 0.05) is 31.2 Å². The fourth-order valence-corrected chi connectivity index (χ4v) is 3.25. The molecular weight excluding hydrogens is 280 g/mol. The van der Waals surface area contributed by atoms with Gasteiger partial charge >= 0.3 is 0 Å². The van der Waals surface area contributed by atoms with Gasteiger partial charge in [-0.1, -0.05) is 19.4 Å². The summed E-state index contributed by atoms with van der Waals surface area (Å²) in [5, 5.41) is 0. The van der Waals surface area contributed by atoms with Crippen molar-refractivity contribution in [2.45, 2.75) is 38.2 Å². The zero-order chi connectivity index (χ0) is 15.4. The average Bonchev–Trinajstić information content (AvgIpc) is 2.94. The van der Waals surface area contributed by atoms with Crippen LogP contribution in [0.1, 0.15) is 32.6 Å². The van der Waals surface area contributed by atoms with Gasteiger partial charge in [-0.05, 0) is 18.9 Å². The summed E-state index contributed by atoms with van der Waals surface area (Å²) in [5.41, 5.74) is -0.184. The highest BCUT2D eigenvalue weighted by Gasteiger charge is 2.54. The van der Waals surface area contributed by atoms with Crippen molar-refractivity contribution in [1.82, 2.24) is 9.88 Å². The lowest BCUT2D eigenvalue weighted by Gasteiger charge is -2.50. The number of carbonyl (C=O) groups is 1. The number of hydrogen-bond acceptors (Lipinski definition) is 4. The van der Waals surface area contributed by atoms with E-state index >= 15 is 0 Å². The number of pyridine rings is 1. The second-order valence-corrected chi connectivity index (χ2v) is 6.23.